The molecule has 8 nitrogen and oxygen atoms in total. The van der Waals surface area contributed by atoms with Crippen LogP contribution in [0.4, 0.5) is 5.69 Å². The van der Waals surface area contributed by atoms with Gasteiger partial charge in [0.15, 0.2) is 9.84 Å². The second-order valence-corrected chi connectivity index (χ2v) is 12.4. The van der Waals surface area contributed by atoms with Crippen molar-refractivity contribution in [3.63, 3.8) is 0 Å². The first-order valence-corrected chi connectivity index (χ1v) is 12.4. The van der Waals surface area contributed by atoms with Crippen molar-refractivity contribution in [3.05, 3.63) is 24.3 Å². The number of piperidine rings is 1. The van der Waals surface area contributed by atoms with Crippen molar-refractivity contribution in [3.8, 4) is 6.07 Å². The van der Waals surface area contributed by atoms with Crippen LogP contribution in [0.5, 0.6) is 0 Å². The van der Waals surface area contributed by atoms with E-state index in [1.165, 1.54) is 0 Å². The van der Waals surface area contributed by atoms with E-state index in [0.29, 0.717) is 18.9 Å². The zero-order valence-electron chi connectivity index (χ0n) is 18.3. The molecule has 2 aliphatic heterocycles. The van der Waals surface area contributed by atoms with E-state index in [-0.39, 0.29) is 35.0 Å². The lowest BCUT2D eigenvalue weighted by Crippen LogP contribution is -2.52. The van der Waals surface area contributed by atoms with Gasteiger partial charge >= 0.3 is 0 Å². The van der Waals surface area contributed by atoms with Crippen LogP contribution in [0, 0.1) is 23.2 Å². The standard InChI is InChI=1S/C22H31N5O3S/c1-22(2,3)31(29,30)16-8-6-15(7-9-16)25-20-19-18(11-13-24-21(19)28)27(26-20)17(10-12-23)14-4-5-14/h6-9,14,17-20,25-26H,4-5,10-11,13H2,1-3H3,(H,24,28)/t17-,18?,19?,20?/m0/s1. The fourth-order valence-corrected chi connectivity index (χ4v) is 5.83. The number of sulfone groups is 1. The third-order valence-electron chi connectivity index (χ3n) is 6.58. The van der Waals surface area contributed by atoms with Gasteiger partial charge in [-0.05, 0) is 70.2 Å². The first-order chi connectivity index (χ1) is 14.6. The van der Waals surface area contributed by atoms with E-state index in [9.17, 15) is 18.5 Å². The van der Waals surface area contributed by atoms with Crippen LogP contribution in [-0.4, -0.2) is 48.9 Å². The maximum Gasteiger partial charge on any atom is 0.228 e. The molecule has 31 heavy (non-hydrogen) atoms. The zero-order chi connectivity index (χ0) is 22.4. The Morgan fingerprint density at radius 2 is 1.90 bits per heavy atom. The fraction of sp³-hybridized carbons (Fsp3) is 0.636. The molecule has 2 saturated heterocycles. The van der Waals surface area contributed by atoms with Crippen LogP contribution in [0.15, 0.2) is 29.2 Å². The van der Waals surface area contributed by atoms with Gasteiger partial charge in [-0.15, -0.1) is 0 Å². The quantitative estimate of drug-likeness (QED) is 0.614. The van der Waals surface area contributed by atoms with E-state index in [4.69, 9.17) is 0 Å². The third kappa shape index (κ3) is 4.16. The van der Waals surface area contributed by atoms with E-state index in [1.54, 1.807) is 45.0 Å². The van der Waals surface area contributed by atoms with Crippen LogP contribution in [0.25, 0.3) is 0 Å². The molecule has 3 fully saturated rings. The minimum absolute atomic E-state index is 0.00202. The Bertz CT molecular complexity index is 976. The number of anilines is 1. The van der Waals surface area contributed by atoms with Gasteiger partial charge in [0, 0.05) is 24.3 Å². The number of carbonyl (C=O) groups is 1. The summed E-state index contributed by atoms with van der Waals surface area (Å²) in [5, 5.41) is 17.8. The highest BCUT2D eigenvalue weighted by Gasteiger charge is 2.51. The number of fused-ring (bicyclic) bond motifs is 1. The molecule has 2 heterocycles. The summed E-state index contributed by atoms with van der Waals surface area (Å²) in [5.41, 5.74) is 4.22. The Morgan fingerprint density at radius 1 is 1.23 bits per heavy atom. The molecule has 3 N–H and O–H groups in total. The number of rotatable bonds is 6. The van der Waals surface area contributed by atoms with Crippen LogP contribution in [0.2, 0.25) is 0 Å². The molecule has 1 aromatic carbocycles. The Kier molecular flexibility index (Phi) is 5.75. The average molecular weight is 446 g/mol. The molecular weight excluding hydrogens is 414 g/mol. The summed E-state index contributed by atoms with van der Waals surface area (Å²) in [5.74, 6) is 0.215. The molecule has 4 rings (SSSR count). The predicted molar refractivity (Wildman–Crippen MR) is 117 cm³/mol. The smallest absolute Gasteiger partial charge is 0.228 e. The Hall–Kier alpha value is -2.15. The topological polar surface area (TPSA) is 114 Å². The molecule has 4 atom stereocenters. The van der Waals surface area contributed by atoms with E-state index >= 15 is 0 Å². The van der Waals surface area contributed by atoms with Gasteiger partial charge in [0.25, 0.3) is 0 Å². The van der Waals surface area contributed by atoms with Crippen LogP contribution < -0.4 is 16.1 Å². The van der Waals surface area contributed by atoms with Crippen molar-refractivity contribution in [1.82, 2.24) is 15.8 Å². The number of hydrazine groups is 1. The van der Waals surface area contributed by atoms with Crippen molar-refractivity contribution < 1.29 is 13.2 Å². The van der Waals surface area contributed by atoms with Gasteiger partial charge in [-0.3, -0.25) is 4.79 Å². The molecule has 1 saturated carbocycles. The highest BCUT2D eigenvalue weighted by Crippen LogP contribution is 2.41. The molecule has 0 spiro atoms. The molecule has 1 aromatic rings. The first-order valence-electron chi connectivity index (χ1n) is 10.9. The van der Waals surface area contributed by atoms with Gasteiger partial charge in [0.2, 0.25) is 5.91 Å². The Labute approximate surface area is 184 Å². The second-order valence-electron chi connectivity index (χ2n) is 9.74. The second kappa shape index (κ2) is 8.08. The number of amides is 1. The molecule has 168 valence electrons. The molecule has 3 aliphatic rings. The molecule has 1 aliphatic carbocycles. The number of hydrogen-bond donors (Lipinski definition) is 3. The van der Waals surface area contributed by atoms with Gasteiger partial charge in [-0.2, -0.15) is 5.26 Å². The number of carbonyl (C=O) groups excluding carboxylic acids is 1. The number of nitrogens with zero attached hydrogens (tertiary/aromatic N) is 2. The summed E-state index contributed by atoms with van der Waals surface area (Å²) in [6.07, 6.45) is 3.19. The molecule has 9 heteroatoms. The predicted octanol–water partition coefficient (Wildman–Crippen LogP) is 2.01. The van der Waals surface area contributed by atoms with E-state index in [2.05, 4.69) is 27.1 Å². The highest BCUT2D eigenvalue weighted by atomic mass is 32.2. The summed E-state index contributed by atoms with van der Waals surface area (Å²) in [6.45, 7) is 5.69. The van der Waals surface area contributed by atoms with Crippen LogP contribution in [0.3, 0.4) is 0 Å². The number of nitriles is 1. The molecule has 0 bridgehead atoms. The normalized spacial score (nSPS) is 27.8. The summed E-state index contributed by atoms with van der Waals surface area (Å²) in [7, 11) is -3.42. The highest BCUT2D eigenvalue weighted by molar-refractivity contribution is 7.92. The van der Waals surface area contributed by atoms with Crippen molar-refractivity contribution >= 4 is 21.4 Å². The molecule has 1 amide bonds. The van der Waals surface area contributed by atoms with Gasteiger partial charge in [-0.1, -0.05) is 0 Å². The lowest BCUT2D eigenvalue weighted by Gasteiger charge is -2.34. The Morgan fingerprint density at radius 3 is 2.48 bits per heavy atom. The minimum atomic E-state index is -3.42. The van der Waals surface area contributed by atoms with Crippen molar-refractivity contribution in [2.45, 2.75) is 74.3 Å². The minimum Gasteiger partial charge on any atom is -0.368 e. The van der Waals surface area contributed by atoms with Crippen LogP contribution in [-0.2, 0) is 14.6 Å². The van der Waals surface area contributed by atoms with Gasteiger partial charge in [-0.25, -0.2) is 18.9 Å². The average Bonchev–Trinajstić information content (AvgIpc) is 3.48. The van der Waals surface area contributed by atoms with E-state index in [1.807, 2.05) is 0 Å². The van der Waals surface area contributed by atoms with E-state index < -0.39 is 14.6 Å². The summed E-state index contributed by atoms with van der Waals surface area (Å²) >= 11 is 0. The molecular formula is C22H31N5O3S. The Balaban J connectivity index is 1.55. The van der Waals surface area contributed by atoms with Crippen molar-refractivity contribution in [1.29, 1.82) is 5.26 Å². The number of nitrogens with one attached hydrogen (secondary N) is 3. The van der Waals surface area contributed by atoms with E-state index in [0.717, 1.165) is 24.9 Å². The SMILES string of the molecule is CC(C)(C)S(=O)(=O)c1ccc(NC2NN([C@@H](CC#N)C3CC3)C3CCNC(=O)C23)cc1. The number of hydrogen-bond acceptors (Lipinski definition) is 7. The fourth-order valence-electron chi connectivity index (χ4n) is 4.63. The molecule has 3 unspecified atom stereocenters. The first kappa shape index (κ1) is 22.1. The maximum absolute atomic E-state index is 12.7. The maximum atomic E-state index is 12.7. The molecule has 0 radical (unpaired) electrons. The summed E-state index contributed by atoms with van der Waals surface area (Å²) in [6, 6.07) is 9.15. The lowest BCUT2D eigenvalue weighted by atomic mass is 9.90. The van der Waals surface area contributed by atoms with Gasteiger partial charge in [0.1, 0.15) is 6.17 Å². The zero-order valence-corrected chi connectivity index (χ0v) is 19.1. The van der Waals surface area contributed by atoms with Crippen molar-refractivity contribution in [2.75, 3.05) is 11.9 Å². The monoisotopic (exact) mass is 445 g/mol. The lowest BCUT2D eigenvalue weighted by molar-refractivity contribution is -0.128. The van der Waals surface area contributed by atoms with Gasteiger partial charge < -0.3 is 10.6 Å². The van der Waals surface area contributed by atoms with Crippen molar-refractivity contribution in [2.24, 2.45) is 11.8 Å². The third-order valence-corrected chi connectivity index (χ3v) is 9.08. The number of benzene rings is 1. The molecule has 0 aromatic heterocycles. The van der Waals surface area contributed by atoms with Crippen LogP contribution >= 0.6 is 0 Å². The summed E-state index contributed by atoms with van der Waals surface area (Å²) in [4.78, 5) is 13.0. The van der Waals surface area contributed by atoms with Gasteiger partial charge in [0.05, 0.1) is 28.1 Å². The summed E-state index contributed by atoms with van der Waals surface area (Å²) < 4.78 is 24.5. The largest absolute Gasteiger partial charge is 0.368 e. The van der Waals surface area contributed by atoms with Crippen LogP contribution in [0.1, 0.15) is 46.5 Å².